The number of amides is 1. The average Bonchev–Trinajstić information content (AvgIpc) is 3.36. The van der Waals surface area contributed by atoms with Gasteiger partial charge in [-0.1, -0.05) is 30.3 Å². The molecule has 0 bridgehead atoms. The summed E-state index contributed by atoms with van der Waals surface area (Å²) in [6.45, 7) is 2.32. The van der Waals surface area contributed by atoms with Crippen LogP contribution in [0.1, 0.15) is 27.3 Å². The molecule has 0 fully saturated rings. The molecule has 0 aliphatic rings. The lowest BCUT2D eigenvalue weighted by Gasteiger charge is -2.19. The van der Waals surface area contributed by atoms with Crippen LogP contribution in [-0.4, -0.2) is 33.0 Å². The van der Waals surface area contributed by atoms with Crippen molar-refractivity contribution >= 4 is 28.9 Å². The summed E-state index contributed by atoms with van der Waals surface area (Å²) in [4.78, 5) is 33.5. The highest BCUT2D eigenvalue weighted by Crippen LogP contribution is 2.26. The van der Waals surface area contributed by atoms with Gasteiger partial charge in [0.1, 0.15) is 0 Å². The molecule has 34 heavy (non-hydrogen) atoms. The molecule has 1 atom stereocenters. The molecule has 0 spiro atoms. The number of aromatic nitrogens is 2. The molecule has 0 saturated carbocycles. The second-order valence-electron chi connectivity index (χ2n) is 7.88. The number of anilines is 1. The molecule has 0 radical (unpaired) electrons. The highest BCUT2D eigenvalue weighted by Gasteiger charge is 2.20. The van der Waals surface area contributed by atoms with Gasteiger partial charge in [0.15, 0.2) is 0 Å². The van der Waals surface area contributed by atoms with Crippen molar-refractivity contribution in [2.24, 2.45) is 0 Å². The minimum absolute atomic E-state index is 0.0947. The second-order valence-corrected chi connectivity index (χ2v) is 8.60. The molecule has 3 N–H and O–H groups in total. The summed E-state index contributed by atoms with van der Waals surface area (Å²) < 4.78 is 0. The van der Waals surface area contributed by atoms with Crippen LogP contribution in [0.3, 0.4) is 0 Å². The van der Waals surface area contributed by atoms with Crippen molar-refractivity contribution in [3.05, 3.63) is 100 Å². The third kappa shape index (κ3) is 6.12. The van der Waals surface area contributed by atoms with Crippen molar-refractivity contribution < 1.29 is 14.7 Å². The Morgan fingerprint density at radius 3 is 2.56 bits per heavy atom. The van der Waals surface area contributed by atoms with Gasteiger partial charge < -0.3 is 10.4 Å². The molecular weight excluding hydrogens is 448 g/mol. The molecule has 0 unspecified atom stereocenters. The standard InChI is InChI=1S/C26H24N4O3S/c1-17-9-19(7-8-27-17)20-11-21(26(32)33)13-22(12-20)30-25(31)24(10-18-5-3-2-4-6-18)28-14-23-15-34-16-29-23/h2-9,11-13,15-16,24,28H,10,14H2,1H3,(H,30,31)(H,32,33)/t24-/m0/s1. The largest absolute Gasteiger partial charge is 0.478 e. The Morgan fingerprint density at radius 2 is 1.85 bits per heavy atom. The van der Waals surface area contributed by atoms with Crippen molar-refractivity contribution in [2.45, 2.75) is 25.9 Å². The maximum Gasteiger partial charge on any atom is 0.335 e. The smallest absolute Gasteiger partial charge is 0.335 e. The molecular formula is C26H24N4O3S. The number of carbonyl (C=O) groups is 2. The number of nitrogens with zero attached hydrogens (tertiary/aromatic N) is 2. The van der Waals surface area contributed by atoms with Gasteiger partial charge in [-0.15, -0.1) is 11.3 Å². The van der Waals surface area contributed by atoms with E-state index in [1.165, 1.54) is 17.4 Å². The van der Waals surface area contributed by atoms with Crippen LogP contribution in [0.5, 0.6) is 0 Å². The summed E-state index contributed by atoms with van der Waals surface area (Å²) in [6.07, 6.45) is 2.15. The fourth-order valence-electron chi connectivity index (χ4n) is 3.60. The molecule has 0 aliphatic heterocycles. The molecule has 4 aromatic rings. The number of aryl methyl sites for hydroxylation is 1. The maximum absolute atomic E-state index is 13.3. The van der Waals surface area contributed by atoms with Crippen molar-refractivity contribution in [3.8, 4) is 11.1 Å². The topological polar surface area (TPSA) is 104 Å². The monoisotopic (exact) mass is 472 g/mol. The lowest BCUT2D eigenvalue weighted by molar-refractivity contribution is -0.118. The quantitative estimate of drug-likeness (QED) is 0.330. The Morgan fingerprint density at radius 1 is 1.03 bits per heavy atom. The number of hydrogen-bond acceptors (Lipinski definition) is 6. The summed E-state index contributed by atoms with van der Waals surface area (Å²) >= 11 is 1.50. The fraction of sp³-hybridized carbons (Fsp3) is 0.154. The average molecular weight is 473 g/mol. The Labute approximate surface area is 201 Å². The van der Waals surface area contributed by atoms with E-state index in [-0.39, 0.29) is 11.5 Å². The Kier molecular flexibility index (Phi) is 7.41. The van der Waals surface area contributed by atoms with E-state index in [0.717, 1.165) is 22.5 Å². The van der Waals surface area contributed by atoms with E-state index in [1.807, 2.05) is 54.8 Å². The van der Waals surface area contributed by atoms with Crippen LogP contribution in [0.15, 0.2) is 77.8 Å². The minimum atomic E-state index is -1.06. The zero-order valence-electron chi connectivity index (χ0n) is 18.6. The van der Waals surface area contributed by atoms with E-state index in [9.17, 15) is 14.7 Å². The molecule has 4 rings (SSSR count). The molecule has 0 saturated heterocycles. The second kappa shape index (κ2) is 10.8. The predicted molar refractivity (Wildman–Crippen MR) is 133 cm³/mol. The third-order valence-corrected chi connectivity index (χ3v) is 5.92. The van der Waals surface area contributed by atoms with Crippen LogP contribution in [0.4, 0.5) is 5.69 Å². The number of rotatable bonds is 9. The highest BCUT2D eigenvalue weighted by atomic mass is 32.1. The summed E-state index contributed by atoms with van der Waals surface area (Å²) in [5, 5.41) is 17.8. The van der Waals surface area contributed by atoms with Crippen LogP contribution < -0.4 is 10.6 Å². The number of hydrogen-bond donors (Lipinski definition) is 3. The zero-order valence-corrected chi connectivity index (χ0v) is 19.4. The van der Waals surface area contributed by atoms with Gasteiger partial charge in [-0.3, -0.25) is 15.1 Å². The first-order chi connectivity index (χ1) is 16.5. The number of carbonyl (C=O) groups excluding carboxylic acids is 1. The van der Waals surface area contributed by atoms with Crippen LogP contribution >= 0.6 is 11.3 Å². The Bertz CT molecular complexity index is 1280. The first kappa shape index (κ1) is 23.3. The van der Waals surface area contributed by atoms with Crippen LogP contribution in [0, 0.1) is 6.92 Å². The Hall–Kier alpha value is -3.88. The van der Waals surface area contributed by atoms with Gasteiger partial charge in [-0.25, -0.2) is 9.78 Å². The zero-order chi connectivity index (χ0) is 23.9. The lowest BCUT2D eigenvalue weighted by atomic mass is 10.0. The van der Waals surface area contributed by atoms with Gasteiger partial charge in [0, 0.05) is 29.5 Å². The molecule has 7 nitrogen and oxygen atoms in total. The van der Waals surface area contributed by atoms with Crippen molar-refractivity contribution in [1.82, 2.24) is 15.3 Å². The number of nitrogens with one attached hydrogen (secondary N) is 2. The van der Waals surface area contributed by atoms with E-state index < -0.39 is 12.0 Å². The van der Waals surface area contributed by atoms with Gasteiger partial charge in [0.2, 0.25) is 5.91 Å². The Balaban J connectivity index is 1.59. The molecule has 0 aliphatic carbocycles. The molecule has 172 valence electrons. The molecule has 1 amide bonds. The molecule has 2 heterocycles. The third-order valence-electron chi connectivity index (χ3n) is 5.29. The van der Waals surface area contributed by atoms with Gasteiger partial charge >= 0.3 is 5.97 Å². The highest BCUT2D eigenvalue weighted by molar-refractivity contribution is 7.07. The molecule has 2 aromatic heterocycles. The van der Waals surface area contributed by atoms with Crippen LogP contribution in [0.2, 0.25) is 0 Å². The summed E-state index contributed by atoms with van der Waals surface area (Å²) in [5.74, 6) is -1.32. The first-order valence-corrected chi connectivity index (χ1v) is 11.7. The van der Waals surface area contributed by atoms with Gasteiger partial charge in [0.05, 0.1) is 22.8 Å². The van der Waals surface area contributed by atoms with E-state index in [2.05, 4.69) is 20.6 Å². The first-order valence-electron chi connectivity index (χ1n) is 10.7. The van der Waals surface area contributed by atoms with Crippen molar-refractivity contribution in [2.75, 3.05) is 5.32 Å². The van der Waals surface area contributed by atoms with Crippen LogP contribution in [0.25, 0.3) is 11.1 Å². The van der Waals surface area contributed by atoms with Gasteiger partial charge in [0.25, 0.3) is 0 Å². The lowest BCUT2D eigenvalue weighted by Crippen LogP contribution is -2.42. The van der Waals surface area contributed by atoms with E-state index in [1.54, 1.807) is 23.8 Å². The van der Waals surface area contributed by atoms with Gasteiger partial charge in [-0.05, 0) is 60.4 Å². The number of pyridine rings is 1. The van der Waals surface area contributed by atoms with Crippen molar-refractivity contribution in [1.29, 1.82) is 0 Å². The number of carboxylic acids is 1. The summed E-state index contributed by atoms with van der Waals surface area (Å²) in [6, 6.07) is 17.7. The SMILES string of the molecule is Cc1cc(-c2cc(NC(=O)[C@H](Cc3ccccc3)NCc3cscn3)cc(C(=O)O)c2)ccn1. The maximum atomic E-state index is 13.3. The van der Waals surface area contributed by atoms with E-state index in [4.69, 9.17) is 0 Å². The number of aromatic carboxylic acids is 1. The fourth-order valence-corrected chi connectivity index (χ4v) is 4.16. The van der Waals surface area contributed by atoms with Gasteiger partial charge in [-0.2, -0.15) is 0 Å². The predicted octanol–water partition coefficient (Wildman–Crippen LogP) is 4.55. The molecule has 8 heteroatoms. The minimum Gasteiger partial charge on any atom is -0.478 e. The molecule has 2 aromatic carbocycles. The normalized spacial score (nSPS) is 11.7. The van der Waals surface area contributed by atoms with E-state index >= 15 is 0 Å². The summed E-state index contributed by atoms with van der Waals surface area (Å²) in [7, 11) is 0. The number of benzene rings is 2. The van der Waals surface area contributed by atoms with Crippen LogP contribution in [-0.2, 0) is 17.8 Å². The number of thiazole rings is 1. The van der Waals surface area contributed by atoms with E-state index in [0.29, 0.717) is 24.2 Å². The van der Waals surface area contributed by atoms with Crippen molar-refractivity contribution in [3.63, 3.8) is 0 Å². The number of carboxylic acid groups (broad SMARTS) is 1. The summed E-state index contributed by atoms with van der Waals surface area (Å²) in [5.41, 5.74) is 6.48.